The molecule has 3 heteroatoms. The highest BCUT2D eigenvalue weighted by molar-refractivity contribution is 5.36. The van der Waals surface area contributed by atoms with E-state index in [1.165, 1.54) is 5.56 Å². The number of hydrogen-bond donors (Lipinski definition) is 1. The van der Waals surface area contributed by atoms with Gasteiger partial charge in [-0.25, -0.2) is 0 Å². The molecule has 0 unspecified atom stereocenters. The van der Waals surface area contributed by atoms with Crippen LogP contribution in [-0.4, -0.2) is 36.7 Å². The van der Waals surface area contributed by atoms with Gasteiger partial charge in [0.05, 0.1) is 19.8 Å². The molecule has 0 atom stereocenters. The Hall–Kier alpha value is -1.34. The number of nitrogens with two attached hydrogens (primary N) is 1. The van der Waals surface area contributed by atoms with Crippen LogP contribution in [0.2, 0.25) is 0 Å². The van der Waals surface area contributed by atoms with Crippen LogP contribution < -0.4 is 5.73 Å². The molecule has 102 valence electrons. The fourth-order valence-electron chi connectivity index (χ4n) is 2.25. The van der Waals surface area contributed by atoms with Gasteiger partial charge in [0.2, 0.25) is 0 Å². The first-order valence-corrected chi connectivity index (χ1v) is 6.72. The van der Waals surface area contributed by atoms with Crippen molar-refractivity contribution >= 4 is 0 Å². The molecule has 1 aromatic rings. The van der Waals surface area contributed by atoms with E-state index in [1.54, 1.807) is 0 Å². The number of ether oxygens (including phenoxy) is 1. The lowest BCUT2D eigenvalue weighted by Gasteiger charge is -2.42. The Kier molecular flexibility index (Phi) is 4.60. The maximum atomic E-state index is 5.54. The molecule has 0 aliphatic carbocycles. The van der Waals surface area contributed by atoms with E-state index in [9.17, 15) is 0 Å². The molecule has 0 spiro atoms. The molecule has 0 bridgehead atoms. The summed E-state index contributed by atoms with van der Waals surface area (Å²) in [6, 6.07) is 8.41. The van der Waals surface area contributed by atoms with Gasteiger partial charge in [-0.2, -0.15) is 0 Å². The molecule has 1 heterocycles. The molecular formula is C16H22N2O. The second kappa shape index (κ2) is 6.21. The van der Waals surface area contributed by atoms with Crippen molar-refractivity contribution in [1.29, 1.82) is 0 Å². The SMILES string of the molecule is CC1(C)COCCN1Cc1ccc(C#CCN)cc1. The zero-order valence-electron chi connectivity index (χ0n) is 11.8. The minimum Gasteiger partial charge on any atom is -0.378 e. The van der Waals surface area contributed by atoms with E-state index < -0.39 is 0 Å². The Morgan fingerprint density at radius 3 is 2.68 bits per heavy atom. The lowest BCUT2D eigenvalue weighted by molar-refractivity contribution is -0.0552. The third kappa shape index (κ3) is 3.81. The van der Waals surface area contributed by atoms with E-state index in [0.717, 1.165) is 31.9 Å². The van der Waals surface area contributed by atoms with Crippen LogP contribution in [0.25, 0.3) is 0 Å². The van der Waals surface area contributed by atoms with Gasteiger partial charge in [-0.1, -0.05) is 24.0 Å². The fourth-order valence-corrected chi connectivity index (χ4v) is 2.25. The molecule has 0 radical (unpaired) electrons. The van der Waals surface area contributed by atoms with E-state index in [4.69, 9.17) is 10.5 Å². The van der Waals surface area contributed by atoms with Crippen molar-refractivity contribution in [2.45, 2.75) is 25.9 Å². The first-order valence-electron chi connectivity index (χ1n) is 6.72. The minimum absolute atomic E-state index is 0.107. The number of morpholine rings is 1. The summed E-state index contributed by atoms with van der Waals surface area (Å²) < 4.78 is 5.54. The van der Waals surface area contributed by atoms with E-state index in [-0.39, 0.29) is 5.54 Å². The van der Waals surface area contributed by atoms with E-state index >= 15 is 0 Å². The molecule has 1 aliphatic heterocycles. The number of benzene rings is 1. The number of nitrogens with zero attached hydrogens (tertiary/aromatic N) is 1. The molecule has 1 fully saturated rings. The van der Waals surface area contributed by atoms with Crippen LogP contribution in [0.15, 0.2) is 24.3 Å². The van der Waals surface area contributed by atoms with Gasteiger partial charge in [0.25, 0.3) is 0 Å². The molecule has 0 saturated carbocycles. The molecule has 1 aliphatic rings. The summed E-state index contributed by atoms with van der Waals surface area (Å²) in [5.74, 6) is 5.91. The van der Waals surface area contributed by atoms with Gasteiger partial charge in [0.1, 0.15) is 0 Å². The Bertz CT molecular complexity index is 468. The molecule has 1 aromatic carbocycles. The molecule has 1 saturated heterocycles. The van der Waals surface area contributed by atoms with Gasteiger partial charge in [-0.15, -0.1) is 0 Å². The lowest BCUT2D eigenvalue weighted by atomic mass is 10.0. The first-order chi connectivity index (χ1) is 9.12. The Morgan fingerprint density at radius 2 is 2.05 bits per heavy atom. The highest BCUT2D eigenvalue weighted by Crippen LogP contribution is 2.21. The molecule has 2 rings (SSSR count). The molecule has 19 heavy (non-hydrogen) atoms. The van der Waals surface area contributed by atoms with Crippen LogP contribution in [-0.2, 0) is 11.3 Å². The van der Waals surface area contributed by atoms with Gasteiger partial charge in [0.15, 0.2) is 0 Å². The molecule has 0 amide bonds. The zero-order chi connectivity index (χ0) is 13.7. The Morgan fingerprint density at radius 1 is 1.32 bits per heavy atom. The van der Waals surface area contributed by atoms with E-state index in [2.05, 4.69) is 54.9 Å². The standard InChI is InChI=1S/C16H22N2O/c1-16(2)13-19-11-10-18(16)12-15-7-5-14(6-8-15)4-3-9-17/h5-8H,9-13,17H2,1-2H3. The second-order valence-electron chi connectivity index (χ2n) is 5.49. The Balaban J connectivity index is 2.03. The quantitative estimate of drug-likeness (QED) is 0.819. The lowest BCUT2D eigenvalue weighted by Crippen LogP contribution is -2.52. The van der Waals surface area contributed by atoms with Crippen LogP contribution in [0.4, 0.5) is 0 Å². The van der Waals surface area contributed by atoms with Crippen molar-refractivity contribution in [3.05, 3.63) is 35.4 Å². The second-order valence-corrected chi connectivity index (χ2v) is 5.49. The summed E-state index contributed by atoms with van der Waals surface area (Å²) in [7, 11) is 0. The van der Waals surface area contributed by atoms with Gasteiger partial charge in [-0.05, 0) is 31.5 Å². The number of hydrogen-bond acceptors (Lipinski definition) is 3. The van der Waals surface area contributed by atoms with Crippen LogP contribution in [0, 0.1) is 11.8 Å². The predicted octanol–water partition coefficient (Wildman–Crippen LogP) is 1.61. The van der Waals surface area contributed by atoms with E-state index in [0.29, 0.717) is 6.54 Å². The van der Waals surface area contributed by atoms with Crippen LogP contribution in [0.1, 0.15) is 25.0 Å². The third-order valence-electron chi connectivity index (χ3n) is 3.48. The summed E-state index contributed by atoms with van der Waals surface area (Å²) in [5, 5.41) is 0. The van der Waals surface area contributed by atoms with Crippen molar-refractivity contribution in [3.8, 4) is 11.8 Å². The predicted molar refractivity (Wildman–Crippen MR) is 77.7 cm³/mol. The van der Waals surface area contributed by atoms with Crippen LogP contribution >= 0.6 is 0 Å². The van der Waals surface area contributed by atoms with E-state index in [1.807, 2.05) is 0 Å². The molecule has 2 N–H and O–H groups in total. The molecular weight excluding hydrogens is 236 g/mol. The molecule has 0 aromatic heterocycles. The average Bonchev–Trinajstić information content (AvgIpc) is 2.40. The van der Waals surface area contributed by atoms with Crippen LogP contribution in [0.5, 0.6) is 0 Å². The largest absolute Gasteiger partial charge is 0.378 e. The van der Waals surface area contributed by atoms with Crippen molar-refractivity contribution in [2.24, 2.45) is 5.73 Å². The summed E-state index contributed by atoms with van der Waals surface area (Å²) in [4.78, 5) is 2.47. The van der Waals surface area contributed by atoms with Gasteiger partial charge >= 0.3 is 0 Å². The average molecular weight is 258 g/mol. The summed E-state index contributed by atoms with van der Waals surface area (Å²) in [6.45, 7) is 8.43. The highest BCUT2D eigenvalue weighted by atomic mass is 16.5. The molecule has 3 nitrogen and oxygen atoms in total. The zero-order valence-corrected chi connectivity index (χ0v) is 11.8. The topological polar surface area (TPSA) is 38.5 Å². The van der Waals surface area contributed by atoms with Crippen molar-refractivity contribution in [1.82, 2.24) is 4.90 Å². The normalized spacial score (nSPS) is 18.7. The van der Waals surface area contributed by atoms with Crippen LogP contribution in [0.3, 0.4) is 0 Å². The van der Waals surface area contributed by atoms with Crippen molar-refractivity contribution in [3.63, 3.8) is 0 Å². The Labute approximate surface area is 115 Å². The first kappa shape index (κ1) is 14.1. The maximum absolute atomic E-state index is 5.54. The summed E-state index contributed by atoms with van der Waals surface area (Å²) >= 11 is 0. The number of rotatable bonds is 2. The van der Waals surface area contributed by atoms with Crippen molar-refractivity contribution in [2.75, 3.05) is 26.3 Å². The minimum atomic E-state index is 0.107. The van der Waals surface area contributed by atoms with Gasteiger partial charge in [-0.3, -0.25) is 4.90 Å². The highest BCUT2D eigenvalue weighted by Gasteiger charge is 2.30. The summed E-state index contributed by atoms with van der Waals surface area (Å²) in [5.41, 5.74) is 7.81. The smallest absolute Gasteiger partial charge is 0.0645 e. The van der Waals surface area contributed by atoms with Crippen molar-refractivity contribution < 1.29 is 4.74 Å². The van der Waals surface area contributed by atoms with Gasteiger partial charge in [0, 0.05) is 24.2 Å². The third-order valence-corrected chi connectivity index (χ3v) is 3.48. The van der Waals surface area contributed by atoms with Gasteiger partial charge < -0.3 is 10.5 Å². The maximum Gasteiger partial charge on any atom is 0.0645 e. The summed E-state index contributed by atoms with van der Waals surface area (Å²) in [6.07, 6.45) is 0. The fraction of sp³-hybridized carbons (Fsp3) is 0.500. The monoisotopic (exact) mass is 258 g/mol.